The predicted octanol–water partition coefficient (Wildman–Crippen LogP) is 0.906. The molecule has 0 heterocycles. The fraction of sp³-hybridized carbons (Fsp3) is 0.857. The van der Waals surface area contributed by atoms with Crippen molar-refractivity contribution in [1.29, 1.82) is 0 Å². The largest absolute Gasteiger partial charge is 0.408 e. The molecule has 0 amide bonds. The van der Waals surface area contributed by atoms with Crippen LogP contribution in [0.15, 0.2) is 0 Å². The Balaban J connectivity index is 3.96. The first-order valence-electron chi connectivity index (χ1n) is 3.40. The van der Waals surface area contributed by atoms with Crippen molar-refractivity contribution in [2.24, 2.45) is 0 Å². The summed E-state index contributed by atoms with van der Waals surface area (Å²) >= 11 is 0. The number of carbonyl (C=O) groups is 1. The van der Waals surface area contributed by atoms with E-state index in [9.17, 15) is 4.79 Å². The van der Waals surface area contributed by atoms with E-state index in [1.807, 2.05) is 0 Å². The summed E-state index contributed by atoms with van der Waals surface area (Å²) in [5.41, 5.74) is 0. The van der Waals surface area contributed by atoms with E-state index in [0.717, 1.165) is 0 Å². The van der Waals surface area contributed by atoms with E-state index >= 15 is 0 Å². The maximum Gasteiger partial charge on any atom is 0.325 e. The summed E-state index contributed by atoms with van der Waals surface area (Å²) in [6.07, 6.45) is 0.308. The summed E-state index contributed by atoms with van der Waals surface area (Å²) < 4.78 is 14.4. The van der Waals surface area contributed by atoms with Gasteiger partial charge in [-0.15, -0.1) is 0 Å². The van der Waals surface area contributed by atoms with E-state index in [1.54, 1.807) is 6.92 Å². The molecule has 0 aliphatic rings. The SMILES string of the molecule is CCC(=O)OC(C)(OC)OC. The van der Waals surface area contributed by atoms with Crippen LogP contribution in [0.1, 0.15) is 20.3 Å². The Morgan fingerprint density at radius 3 is 2.09 bits per heavy atom. The molecule has 66 valence electrons. The number of rotatable bonds is 4. The first-order chi connectivity index (χ1) is 5.08. The molecule has 0 aromatic heterocycles. The van der Waals surface area contributed by atoms with E-state index < -0.39 is 5.97 Å². The van der Waals surface area contributed by atoms with Gasteiger partial charge in [0.15, 0.2) is 0 Å². The summed E-state index contributed by atoms with van der Waals surface area (Å²) in [5, 5.41) is 0. The highest BCUT2D eigenvalue weighted by atomic mass is 16.9. The zero-order chi connectivity index (χ0) is 8.91. The van der Waals surface area contributed by atoms with Crippen LogP contribution < -0.4 is 0 Å². The van der Waals surface area contributed by atoms with Gasteiger partial charge < -0.3 is 14.2 Å². The maximum absolute atomic E-state index is 10.8. The van der Waals surface area contributed by atoms with Gasteiger partial charge in [0.05, 0.1) is 0 Å². The third-order valence-corrected chi connectivity index (χ3v) is 1.33. The Morgan fingerprint density at radius 1 is 1.36 bits per heavy atom. The molecule has 4 nitrogen and oxygen atoms in total. The van der Waals surface area contributed by atoms with Crippen molar-refractivity contribution in [2.45, 2.75) is 26.2 Å². The van der Waals surface area contributed by atoms with Gasteiger partial charge in [-0.25, -0.2) is 0 Å². The van der Waals surface area contributed by atoms with E-state index in [4.69, 9.17) is 14.2 Å². The third-order valence-electron chi connectivity index (χ3n) is 1.33. The van der Waals surface area contributed by atoms with Crippen molar-refractivity contribution in [1.82, 2.24) is 0 Å². The second-order valence-corrected chi connectivity index (χ2v) is 2.10. The number of hydrogen-bond acceptors (Lipinski definition) is 4. The molecular weight excluding hydrogens is 148 g/mol. The highest BCUT2D eigenvalue weighted by Gasteiger charge is 2.26. The molecule has 0 unspecified atom stereocenters. The fourth-order valence-electron chi connectivity index (χ4n) is 0.446. The molecule has 0 aliphatic heterocycles. The normalized spacial score (nSPS) is 11.3. The Kier molecular flexibility index (Phi) is 4.07. The molecular formula is C7H14O4. The van der Waals surface area contributed by atoms with Crippen LogP contribution in [-0.2, 0) is 19.0 Å². The van der Waals surface area contributed by atoms with Gasteiger partial charge in [-0.1, -0.05) is 6.92 Å². The number of methoxy groups -OCH3 is 2. The minimum Gasteiger partial charge on any atom is -0.408 e. The van der Waals surface area contributed by atoms with Gasteiger partial charge in [0.25, 0.3) is 0 Å². The summed E-state index contributed by atoms with van der Waals surface area (Å²) in [6, 6.07) is 0. The van der Waals surface area contributed by atoms with Crippen LogP contribution in [0.3, 0.4) is 0 Å². The monoisotopic (exact) mass is 162 g/mol. The molecule has 11 heavy (non-hydrogen) atoms. The second-order valence-electron chi connectivity index (χ2n) is 2.10. The topological polar surface area (TPSA) is 44.8 Å². The van der Waals surface area contributed by atoms with Crippen LogP contribution in [0, 0.1) is 0 Å². The zero-order valence-corrected chi connectivity index (χ0v) is 7.34. The van der Waals surface area contributed by atoms with Gasteiger partial charge in [-0.3, -0.25) is 4.79 Å². The van der Waals surface area contributed by atoms with Crippen molar-refractivity contribution in [3.8, 4) is 0 Å². The van der Waals surface area contributed by atoms with Crippen molar-refractivity contribution in [2.75, 3.05) is 14.2 Å². The summed E-state index contributed by atoms with van der Waals surface area (Å²) in [5.74, 6) is -1.59. The van der Waals surface area contributed by atoms with Gasteiger partial charge in [0, 0.05) is 27.6 Å². The fourth-order valence-corrected chi connectivity index (χ4v) is 0.446. The highest BCUT2D eigenvalue weighted by molar-refractivity contribution is 5.69. The average molecular weight is 162 g/mol. The Morgan fingerprint density at radius 2 is 1.82 bits per heavy atom. The number of esters is 1. The highest BCUT2D eigenvalue weighted by Crippen LogP contribution is 2.12. The van der Waals surface area contributed by atoms with Gasteiger partial charge in [0.1, 0.15) is 0 Å². The first-order valence-corrected chi connectivity index (χ1v) is 3.40. The molecule has 0 aromatic carbocycles. The lowest BCUT2D eigenvalue weighted by atomic mass is 10.5. The predicted molar refractivity (Wildman–Crippen MR) is 38.8 cm³/mol. The van der Waals surface area contributed by atoms with Crippen molar-refractivity contribution >= 4 is 5.97 Å². The van der Waals surface area contributed by atoms with Crippen LogP contribution in [0.4, 0.5) is 0 Å². The molecule has 4 heteroatoms. The van der Waals surface area contributed by atoms with Gasteiger partial charge in [-0.2, -0.15) is 0 Å². The van der Waals surface area contributed by atoms with E-state index in [-0.39, 0.29) is 5.97 Å². The van der Waals surface area contributed by atoms with Gasteiger partial charge in [-0.05, 0) is 0 Å². The number of carbonyl (C=O) groups excluding carboxylic acids is 1. The summed E-state index contributed by atoms with van der Waals surface area (Å²) in [6.45, 7) is 3.23. The summed E-state index contributed by atoms with van der Waals surface area (Å²) in [4.78, 5) is 10.8. The lowest BCUT2D eigenvalue weighted by Gasteiger charge is -2.24. The molecule has 0 saturated heterocycles. The molecule has 0 atom stereocenters. The molecule has 0 aromatic rings. The van der Waals surface area contributed by atoms with Crippen molar-refractivity contribution in [3.63, 3.8) is 0 Å². The van der Waals surface area contributed by atoms with Crippen molar-refractivity contribution in [3.05, 3.63) is 0 Å². The first kappa shape index (κ1) is 10.4. The molecule has 0 saturated carbocycles. The number of hydrogen-bond donors (Lipinski definition) is 0. The lowest BCUT2D eigenvalue weighted by molar-refractivity contribution is -0.332. The minimum absolute atomic E-state index is 0.308. The molecule has 0 spiro atoms. The van der Waals surface area contributed by atoms with Crippen LogP contribution >= 0.6 is 0 Å². The molecule has 0 fully saturated rings. The lowest BCUT2D eigenvalue weighted by Crippen LogP contribution is -2.35. The zero-order valence-electron chi connectivity index (χ0n) is 7.34. The molecule has 0 bridgehead atoms. The Hall–Kier alpha value is -0.610. The standard InChI is InChI=1S/C7H14O4/c1-5-6(8)11-7(2,9-3)10-4/h5H2,1-4H3. The van der Waals surface area contributed by atoms with E-state index in [2.05, 4.69) is 0 Å². The maximum atomic E-state index is 10.8. The molecule has 0 rings (SSSR count). The van der Waals surface area contributed by atoms with Crippen LogP contribution in [0.2, 0.25) is 0 Å². The third kappa shape index (κ3) is 3.34. The quantitative estimate of drug-likeness (QED) is 0.455. The molecule has 0 aliphatic carbocycles. The second kappa shape index (κ2) is 4.31. The van der Waals surface area contributed by atoms with E-state index in [1.165, 1.54) is 21.1 Å². The van der Waals surface area contributed by atoms with Crippen molar-refractivity contribution < 1.29 is 19.0 Å². The molecule has 0 radical (unpaired) electrons. The minimum atomic E-state index is -1.24. The van der Waals surface area contributed by atoms with Gasteiger partial charge >= 0.3 is 11.9 Å². The van der Waals surface area contributed by atoms with Gasteiger partial charge in [0.2, 0.25) is 0 Å². The average Bonchev–Trinajstić information content (AvgIpc) is 2.04. The number of ether oxygens (including phenoxy) is 3. The smallest absolute Gasteiger partial charge is 0.325 e. The van der Waals surface area contributed by atoms with E-state index in [0.29, 0.717) is 6.42 Å². The van der Waals surface area contributed by atoms with Crippen LogP contribution in [0.5, 0.6) is 0 Å². The van der Waals surface area contributed by atoms with Crippen LogP contribution in [0.25, 0.3) is 0 Å². The Labute approximate surface area is 66.4 Å². The van der Waals surface area contributed by atoms with Crippen LogP contribution in [-0.4, -0.2) is 26.2 Å². The Bertz CT molecular complexity index is 128. The summed E-state index contributed by atoms with van der Waals surface area (Å²) in [7, 11) is 2.82. The molecule has 0 N–H and O–H groups in total.